The Morgan fingerprint density at radius 2 is 2.19 bits per heavy atom. The van der Waals surface area contributed by atoms with Gasteiger partial charge in [-0.3, -0.25) is 0 Å². The molecule has 1 aromatic rings. The molecule has 2 amide bonds. The zero-order valence-electron chi connectivity index (χ0n) is 9.42. The van der Waals surface area contributed by atoms with E-state index in [9.17, 15) is 9.59 Å². The Morgan fingerprint density at radius 3 is 2.75 bits per heavy atom. The number of rotatable bonds is 3. The highest BCUT2D eigenvalue weighted by Gasteiger charge is 2.18. The number of nitrogens with one attached hydrogen (secondary N) is 2. The van der Waals surface area contributed by atoms with E-state index in [-0.39, 0.29) is 6.03 Å². The van der Waals surface area contributed by atoms with Crippen molar-refractivity contribution in [1.29, 1.82) is 0 Å². The maximum Gasteiger partial charge on any atom is 0.350 e. The molecule has 0 saturated carbocycles. The maximum atomic E-state index is 11.4. The van der Waals surface area contributed by atoms with Crippen molar-refractivity contribution in [2.45, 2.75) is 13.8 Å². The first-order valence-electron chi connectivity index (χ1n) is 4.81. The van der Waals surface area contributed by atoms with Gasteiger partial charge in [-0.2, -0.15) is 0 Å². The van der Waals surface area contributed by atoms with E-state index < -0.39 is 5.97 Å². The van der Waals surface area contributed by atoms with Gasteiger partial charge in [0.1, 0.15) is 4.88 Å². The normalized spacial score (nSPS) is 9.69. The molecule has 0 aliphatic heterocycles. The van der Waals surface area contributed by atoms with E-state index >= 15 is 0 Å². The van der Waals surface area contributed by atoms with Crippen LogP contribution in [-0.2, 0) is 4.74 Å². The minimum atomic E-state index is -0.440. The zero-order chi connectivity index (χ0) is 12.1. The second kappa shape index (κ2) is 5.50. The fourth-order valence-corrected chi connectivity index (χ4v) is 2.08. The molecule has 0 aliphatic rings. The minimum Gasteiger partial charge on any atom is -0.465 e. The summed E-state index contributed by atoms with van der Waals surface area (Å²) in [4.78, 5) is 23.2. The largest absolute Gasteiger partial charge is 0.465 e. The molecule has 6 heteroatoms. The highest BCUT2D eigenvalue weighted by atomic mass is 32.1. The molecule has 1 heterocycles. The summed E-state index contributed by atoms with van der Waals surface area (Å²) in [6.07, 6.45) is 0. The summed E-state index contributed by atoms with van der Waals surface area (Å²) in [5.41, 5.74) is 1.36. The lowest BCUT2D eigenvalue weighted by molar-refractivity contribution is 0.0607. The zero-order valence-corrected chi connectivity index (χ0v) is 10.2. The third kappa shape index (κ3) is 2.73. The summed E-state index contributed by atoms with van der Waals surface area (Å²) in [6.45, 7) is 4.17. The molecule has 0 aliphatic carbocycles. The van der Waals surface area contributed by atoms with Gasteiger partial charge in [0.25, 0.3) is 0 Å². The van der Waals surface area contributed by atoms with Gasteiger partial charge in [0.2, 0.25) is 0 Å². The lowest BCUT2D eigenvalue weighted by Crippen LogP contribution is -2.28. The first kappa shape index (κ1) is 12.5. The maximum absolute atomic E-state index is 11.4. The quantitative estimate of drug-likeness (QED) is 0.796. The second-order valence-corrected chi connectivity index (χ2v) is 3.98. The van der Waals surface area contributed by atoms with Crippen LogP contribution in [-0.4, -0.2) is 25.7 Å². The number of thiophene rings is 1. The van der Waals surface area contributed by atoms with E-state index in [1.165, 1.54) is 18.4 Å². The Kier molecular flexibility index (Phi) is 4.30. The Bertz CT molecular complexity index is 401. The third-order valence-corrected chi connectivity index (χ3v) is 3.00. The summed E-state index contributed by atoms with van der Waals surface area (Å²) in [6, 6.07) is -0.325. The summed E-state index contributed by atoms with van der Waals surface area (Å²) in [5.74, 6) is -0.440. The van der Waals surface area contributed by atoms with Gasteiger partial charge in [-0.25, -0.2) is 9.59 Å². The summed E-state index contributed by atoms with van der Waals surface area (Å²) in [5, 5.41) is 7.03. The van der Waals surface area contributed by atoms with Crippen molar-refractivity contribution in [2.24, 2.45) is 0 Å². The summed E-state index contributed by atoms with van der Waals surface area (Å²) >= 11 is 1.25. The van der Waals surface area contributed by atoms with Gasteiger partial charge in [-0.05, 0) is 24.8 Å². The lowest BCUT2D eigenvalue weighted by atomic mass is 10.2. The highest BCUT2D eigenvalue weighted by molar-refractivity contribution is 7.12. The standard InChI is InChI=1S/C10H14N2O3S/c1-4-11-10(14)12-7-6(2)5-16-8(7)9(13)15-3/h5H,4H2,1-3H3,(H2,11,12,14). The first-order chi connectivity index (χ1) is 7.60. The number of amides is 2. The predicted octanol–water partition coefficient (Wildman–Crippen LogP) is 1.98. The molecule has 1 aromatic heterocycles. The van der Waals surface area contributed by atoms with Crippen molar-refractivity contribution in [3.05, 3.63) is 15.8 Å². The molecule has 2 N–H and O–H groups in total. The topological polar surface area (TPSA) is 67.4 Å². The molecule has 0 spiro atoms. The van der Waals surface area contributed by atoms with Crippen molar-refractivity contribution in [1.82, 2.24) is 5.32 Å². The van der Waals surface area contributed by atoms with E-state index in [0.29, 0.717) is 17.1 Å². The van der Waals surface area contributed by atoms with Gasteiger partial charge in [-0.15, -0.1) is 11.3 Å². The van der Waals surface area contributed by atoms with Gasteiger partial charge in [-0.1, -0.05) is 0 Å². The van der Waals surface area contributed by atoms with Crippen LogP contribution in [0.2, 0.25) is 0 Å². The Hall–Kier alpha value is -1.56. The number of urea groups is 1. The molecule has 0 radical (unpaired) electrons. The van der Waals surface area contributed by atoms with E-state index in [4.69, 9.17) is 0 Å². The SMILES string of the molecule is CCNC(=O)Nc1c(C)csc1C(=O)OC. The van der Waals surface area contributed by atoms with Crippen LogP contribution in [0.4, 0.5) is 10.5 Å². The minimum absolute atomic E-state index is 0.325. The average molecular weight is 242 g/mol. The van der Waals surface area contributed by atoms with E-state index in [2.05, 4.69) is 15.4 Å². The van der Waals surface area contributed by atoms with Crippen LogP contribution < -0.4 is 10.6 Å². The van der Waals surface area contributed by atoms with Crippen molar-refractivity contribution < 1.29 is 14.3 Å². The Labute approximate surface area is 97.8 Å². The van der Waals surface area contributed by atoms with Gasteiger partial charge >= 0.3 is 12.0 Å². The number of anilines is 1. The molecule has 88 valence electrons. The van der Waals surface area contributed by atoms with E-state index in [1.54, 1.807) is 5.38 Å². The number of ether oxygens (including phenoxy) is 1. The smallest absolute Gasteiger partial charge is 0.350 e. The molecule has 0 atom stereocenters. The van der Waals surface area contributed by atoms with Crippen LogP contribution in [0, 0.1) is 6.92 Å². The van der Waals surface area contributed by atoms with Gasteiger partial charge < -0.3 is 15.4 Å². The number of methoxy groups -OCH3 is 1. The van der Waals surface area contributed by atoms with Crippen molar-refractivity contribution in [2.75, 3.05) is 19.0 Å². The van der Waals surface area contributed by atoms with Crippen LogP contribution >= 0.6 is 11.3 Å². The van der Waals surface area contributed by atoms with E-state index in [1.807, 2.05) is 13.8 Å². The lowest BCUT2D eigenvalue weighted by Gasteiger charge is -2.07. The molecule has 0 fully saturated rings. The van der Waals surface area contributed by atoms with Crippen LogP contribution in [0.25, 0.3) is 0 Å². The van der Waals surface area contributed by atoms with Crippen LogP contribution in [0.1, 0.15) is 22.2 Å². The molecule has 0 bridgehead atoms. The second-order valence-electron chi connectivity index (χ2n) is 3.10. The first-order valence-corrected chi connectivity index (χ1v) is 5.69. The van der Waals surface area contributed by atoms with Gasteiger partial charge in [0.15, 0.2) is 0 Å². The number of hydrogen-bond acceptors (Lipinski definition) is 4. The summed E-state index contributed by atoms with van der Waals surface area (Å²) in [7, 11) is 1.31. The number of carbonyl (C=O) groups is 2. The summed E-state index contributed by atoms with van der Waals surface area (Å²) < 4.78 is 4.63. The fraction of sp³-hybridized carbons (Fsp3) is 0.400. The van der Waals surface area contributed by atoms with Gasteiger partial charge in [0.05, 0.1) is 12.8 Å². The molecule has 0 aromatic carbocycles. The fourth-order valence-electron chi connectivity index (χ4n) is 1.16. The molecule has 0 unspecified atom stereocenters. The molecule has 5 nitrogen and oxygen atoms in total. The molecule has 16 heavy (non-hydrogen) atoms. The van der Waals surface area contributed by atoms with E-state index in [0.717, 1.165) is 5.56 Å². The third-order valence-electron chi connectivity index (χ3n) is 1.92. The number of hydrogen-bond donors (Lipinski definition) is 2. The van der Waals surface area contributed by atoms with Gasteiger partial charge in [0, 0.05) is 6.54 Å². The monoisotopic (exact) mass is 242 g/mol. The Morgan fingerprint density at radius 1 is 1.50 bits per heavy atom. The number of esters is 1. The number of carbonyl (C=O) groups excluding carboxylic acids is 2. The van der Waals surface area contributed by atoms with Crippen LogP contribution in [0.15, 0.2) is 5.38 Å². The highest BCUT2D eigenvalue weighted by Crippen LogP contribution is 2.28. The van der Waals surface area contributed by atoms with Crippen molar-refractivity contribution >= 4 is 29.0 Å². The van der Waals surface area contributed by atoms with Crippen molar-refractivity contribution in [3.63, 3.8) is 0 Å². The molecular formula is C10H14N2O3S. The van der Waals surface area contributed by atoms with Crippen LogP contribution in [0.5, 0.6) is 0 Å². The predicted molar refractivity (Wildman–Crippen MR) is 63.1 cm³/mol. The molecular weight excluding hydrogens is 228 g/mol. The number of aryl methyl sites for hydroxylation is 1. The molecule has 0 saturated heterocycles. The van der Waals surface area contributed by atoms with Crippen LogP contribution in [0.3, 0.4) is 0 Å². The Balaban J connectivity index is 2.89. The average Bonchev–Trinajstić information content (AvgIpc) is 2.60. The molecule has 1 rings (SSSR count). The van der Waals surface area contributed by atoms with Crippen molar-refractivity contribution in [3.8, 4) is 0 Å².